The second kappa shape index (κ2) is 5.12. The van der Waals surface area contributed by atoms with Crippen LogP contribution in [0.4, 0.5) is 5.69 Å². The van der Waals surface area contributed by atoms with E-state index >= 15 is 0 Å². The number of anilines is 1. The number of carbonyl (C=O) groups is 2. The molecule has 0 atom stereocenters. The van der Waals surface area contributed by atoms with E-state index in [0.717, 1.165) is 5.56 Å². The zero-order valence-electron chi connectivity index (χ0n) is 12.7. The molecule has 2 aliphatic heterocycles. The molecule has 0 aliphatic carbocycles. The quantitative estimate of drug-likeness (QED) is 0.812. The fourth-order valence-corrected chi connectivity index (χ4v) is 2.97. The lowest BCUT2D eigenvalue weighted by atomic mass is 9.97. The first-order chi connectivity index (χ1) is 11.1. The van der Waals surface area contributed by atoms with E-state index < -0.39 is 0 Å². The van der Waals surface area contributed by atoms with Gasteiger partial charge in [0.25, 0.3) is 5.91 Å². The predicted octanol–water partition coefficient (Wildman–Crippen LogP) is 2.96. The number of benzene rings is 2. The SMILES string of the molecule is Cc1ccc2c(c1)C(=O)CCN2C(=O)c1ccc2c(c1)OCO2. The Balaban J connectivity index is 1.72. The van der Waals surface area contributed by atoms with Crippen LogP contribution in [0.25, 0.3) is 0 Å². The molecule has 0 bridgehead atoms. The second-order valence-corrected chi connectivity index (χ2v) is 5.72. The average molecular weight is 309 g/mol. The standard InChI is InChI=1S/C18H15NO4/c1-11-2-4-14-13(8-11)15(20)6-7-19(14)18(21)12-3-5-16-17(9-12)23-10-22-16/h2-5,8-9H,6-7,10H2,1H3. The Kier molecular flexibility index (Phi) is 3.08. The number of carbonyl (C=O) groups excluding carboxylic acids is 2. The van der Waals surface area contributed by atoms with E-state index in [9.17, 15) is 9.59 Å². The van der Waals surface area contributed by atoms with Gasteiger partial charge in [0.1, 0.15) is 0 Å². The Bertz CT molecular complexity index is 828. The number of aryl methyl sites for hydroxylation is 1. The maximum absolute atomic E-state index is 12.9. The lowest BCUT2D eigenvalue weighted by Crippen LogP contribution is -2.37. The molecule has 2 aromatic carbocycles. The van der Waals surface area contributed by atoms with Gasteiger partial charge < -0.3 is 14.4 Å². The number of hydrogen-bond donors (Lipinski definition) is 0. The molecular formula is C18H15NO4. The van der Waals surface area contributed by atoms with Gasteiger partial charge >= 0.3 is 0 Å². The first-order valence-corrected chi connectivity index (χ1v) is 7.49. The summed E-state index contributed by atoms with van der Waals surface area (Å²) in [7, 11) is 0. The van der Waals surface area contributed by atoms with Crippen molar-refractivity contribution in [2.45, 2.75) is 13.3 Å². The highest BCUT2D eigenvalue weighted by Gasteiger charge is 2.28. The van der Waals surface area contributed by atoms with Crippen molar-refractivity contribution in [3.63, 3.8) is 0 Å². The first kappa shape index (κ1) is 13.8. The van der Waals surface area contributed by atoms with Crippen molar-refractivity contribution < 1.29 is 19.1 Å². The zero-order chi connectivity index (χ0) is 16.0. The van der Waals surface area contributed by atoms with Crippen molar-refractivity contribution in [2.24, 2.45) is 0 Å². The van der Waals surface area contributed by atoms with Gasteiger partial charge in [-0.1, -0.05) is 11.6 Å². The van der Waals surface area contributed by atoms with E-state index in [4.69, 9.17) is 9.47 Å². The molecule has 0 N–H and O–H groups in total. The molecule has 2 heterocycles. The molecule has 2 aliphatic rings. The lowest BCUT2D eigenvalue weighted by Gasteiger charge is -2.29. The third-order valence-corrected chi connectivity index (χ3v) is 4.17. The summed E-state index contributed by atoms with van der Waals surface area (Å²) >= 11 is 0. The van der Waals surface area contributed by atoms with Crippen LogP contribution in [0.5, 0.6) is 11.5 Å². The number of fused-ring (bicyclic) bond motifs is 2. The molecule has 0 aromatic heterocycles. The van der Waals surface area contributed by atoms with Crippen LogP contribution in [0, 0.1) is 6.92 Å². The van der Waals surface area contributed by atoms with E-state index in [1.165, 1.54) is 0 Å². The number of ketones is 1. The van der Waals surface area contributed by atoms with Gasteiger partial charge in [0, 0.05) is 24.1 Å². The molecule has 23 heavy (non-hydrogen) atoms. The molecule has 116 valence electrons. The Morgan fingerprint density at radius 1 is 1.09 bits per heavy atom. The summed E-state index contributed by atoms with van der Waals surface area (Å²) in [5, 5.41) is 0. The van der Waals surface area contributed by atoms with Gasteiger partial charge in [-0.2, -0.15) is 0 Å². The van der Waals surface area contributed by atoms with Crippen molar-refractivity contribution in [3.05, 3.63) is 53.1 Å². The van der Waals surface area contributed by atoms with Crippen LogP contribution in [0.15, 0.2) is 36.4 Å². The highest BCUT2D eigenvalue weighted by molar-refractivity contribution is 6.13. The lowest BCUT2D eigenvalue weighted by molar-refractivity contribution is 0.0954. The highest BCUT2D eigenvalue weighted by Crippen LogP contribution is 2.34. The van der Waals surface area contributed by atoms with Crippen molar-refractivity contribution in [1.82, 2.24) is 0 Å². The number of hydrogen-bond acceptors (Lipinski definition) is 4. The van der Waals surface area contributed by atoms with Crippen molar-refractivity contribution in [3.8, 4) is 11.5 Å². The number of rotatable bonds is 1. The Hall–Kier alpha value is -2.82. The zero-order valence-corrected chi connectivity index (χ0v) is 12.7. The van der Waals surface area contributed by atoms with Crippen LogP contribution in [0.1, 0.15) is 32.7 Å². The minimum absolute atomic E-state index is 0.0819. The third-order valence-electron chi connectivity index (χ3n) is 4.17. The largest absolute Gasteiger partial charge is 0.454 e. The van der Waals surface area contributed by atoms with Crippen LogP contribution in [0.3, 0.4) is 0 Å². The average Bonchev–Trinajstić information content (AvgIpc) is 3.02. The molecular weight excluding hydrogens is 294 g/mol. The van der Waals surface area contributed by atoms with E-state index in [1.54, 1.807) is 23.1 Å². The van der Waals surface area contributed by atoms with Gasteiger partial charge in [-0.05, 0) is 37.3 Å². The summed E-state index contributed by atoms with van der Waals surface area (Å²) in [4.78, 5) is 26.7. The predicted molar refractivity (Wildman–Crippen MR) is 84.4 cm³/mol. The van der Waals surface area contributed by atoms with Gasteiger partial charge in [0.15, 0.2) is 17.3 Å². The van der Waals surface area contributed by atoms with Crippen LogP contribution < -0.4 is 14.4 Å². The van der Waals surface area contributed by atoms with E-state index in [-0.39, 0.29) is 18.5 Å². The van der Waals surface area contributed by atoms with Gasteiger partial charge in [0.2, 0.25) is 6.79 Å². The van der Waals surface area contributed by atoms with Gasteiger partial charge in [0.05, 0.1) is 5.69 Å². The van der Waals surface area contributed by atoms with Crippen LogP contribution in [-0.2, 0) is 0 Å². The number of Topliss-reactive ketones (excluding diaryl/α,β-unsaturated/α-hetero) is 1. The van der Waals surface area contributed by atoms with Crippen LogP contribution in [-0.4, -0.2) is 25.0 Å². The molecule has 0 fully saturated rings. The fraction of sp³-hybridized carbons (Fsp3) is 0.222. The molecule has 0 saturated heterocycles. The fourth-order valence-electron chi connectivity index (χ4n) is 2.97. The summed E-state index contributed by atoms with van der Waals surface area (Å²) in [5.74, 6) is 1.17. The van der Waals surface area contributed by atoms with Gasteiger partial charge in [-0.15, -0.1) is 0 Å². The maximum Gasteiger partial charge on any atom is 0.258 e. The van der Waals surface area contributed by atoms with Crippen LogP contribution >= 0.6 is 0 Å². The van der Waals surface area contributed by atoms with E-state index in [1.807, 2.05) is 25.1 Å². The minimum atomic E-state index is -0.138. The van der Waals surface area contributed by atoms with Crippen LogP contribution in [0.2, 0.25) is 0 Å². The molecule has 0 saturated carbocycles. The van der Waals surface area contributed by atoms with E-state index in [2.05, 4.69) is 0 Å². The topological polar surface area (TPSA) is 55.8 Å². The van der Waals surface area contributed by atoms with Gasteiger partial charge in [-0.3, -0.25) is 9.59 Å². The Labute approximate surface area is 133 Å². The molecule has 0 radical (unpaired) electrons. The Morgan fingerprint density at radius 3 is 2.78 bits per heavy atom. The minimum Gasteiger partial charge on any atom is -0.454 e. The third kappa shape index (κ3) is 2.25. The number of nitrogens with zero attached hydrogens (tertiary/aromatic N) is 1. The van der Waals surface area contributed by atoms with Crippen molar-refractivity contribution >= 4 is 17.4 Å². The molecule has 1 amide bonds. The second-order valence-electron chi connectivity index (χ2n) is 5.72. The maximum atomic E-state index is 12.9. The van der Waals surface area contributed by atoms with Crippen molar-refractivity contribution in [1.29, 1.82) is 0 Å². The highest BCUT2D eigenvalue weighted by atomic mass is 16.7. The molecule has 0 unspecified atom stereocenters. The molecule has 0 spiro atoms. The smallest absolute Gasteiger partial charge is 0.258 e. The van der Waals surface area contributed by atoms with E-state index in [0.29, 0.717) is 41.3 Å². The first-order valence-electron chi connectivity index (χ1n) is 7.49. The number of amides is 1. The summed E-state index contributed by atoms with van der Waals surface area (Å²) in [6, 6.07) is 10.7. The summed E-state index contributed by atoms with van der Waals surface area (Å²) in [6.07, 6.45) is 0.340. The summed E-state index contributed by atoms with van der Waals surface area (Å²) in [5.41, 5.74) is 2.82. The Morgan fingerprint density at radius 2 is 1.91 bits per heavy atom. The van der Waals surface area contributed by atoms with Crippen molar-refractivity contribution in [2.75, 3.05) is 18.2 Å². The summed E-state index contributed by atoms with van der Waals surface area (Å²) < 4.78 is 10.6. The molecule has 2 aromatic rings. The number of ether oxygens (including phenoxy) is 2. The molecule has 4 rings (SSSR count). The normalized spacial score (nSPS) is 15.5. The molecule has 5 nitrogen and oxygen atoms in total. The monoisotopic (exact) mass is 309 g/mol. The summed E-state index contributed by atoms with van der Waals surface area (Å²) in [6.45, 7) is 2.50. The van der Waals surface area contributed by atoms with Gasteiger partial charge in [-0.25, -0.2) is 0 Å². The molecule has 5 heteroatoms.